The molecule has 6 heteroatoms. The second kappa shape index (κ2) is 3.95. The number of aldehydes is 1. The van der Waals surface area contributed by atoms with Gasteiger partial charge >= 0.3 is 0 Å². The highest BCUT2D eigenvalue weighted by Crippen LogP contribution is 2.23. The Bertz CT molecular complexity index is 320. The maximum Gasteiger partial charge on any atom is 0.280 e. The predicted octanol–water partition coefficient (Wildman–Crippen LogP) is 2.02. The normalized spacial score (nSPS) is 10.5. The Hall–Kier alpha value is -0.790. The molecule has 0 spiro atoms. The fraction of sp³-hybridized carbons (Fsp3) is 0.143. The molecule has 0 aromatic carbocycles. The lowest BCUT2D eigenvalue weighted by molar-refractivity contribution is 0.112. The Morgan fingerprint density at radius 3 is 2.62 bits per heavy atom. The summed E-state index contributed by atoms with van der Waals surface area (Å²) in [6.45, 7) is 0. The summed E-state index contributed by atoms with van der Waals surface area (Å²) >= 11 is 1.76. The summed E-state index contributed by atoms with van der Waals surface area (Å²) in [7, 11) is 0. The second-order valence-corrected chi connectivity index (χ2v) is 3.41. The van der Waals surface area contributed by atoms with Crippen molar-refractivity contribution in [3.8, 4) is 0 Å². The van der Waals surface area contributed by atoms with E-state index in [1.165, 1.54) is 0 Å². The zero-order valence-corrected chi connectivity index (χ0v) is 8.46. The number of pyridine rings is 1. The van der Waals surface area contributed by atoms with Gasteiger partial charge in [0.2, 0.25) is 0 Å². The minimum Gasteiger partial charge on any atom is -0.383 e. The monoisotopic (exact) mass is 298 g/mol. The van der Waals surface area contributed by atoms with E-state index < -0.39 is 12.1 Å². The Kier molecular flexibility index (Phi) is 3.12. The number of aromatic nitrogens is 1. The molecule has 0 atom stereocenters. The number of halogens is 3. The highest BCUT2D eigenvalue weighted by Gasteiger charge is 2.14. The van der Waals surface area contributed by atoms with Gasteiger partial charge in [0.25, 0.3) is 6.43 Å². The lowest BCUT2D eigenvalue weighted by atomic mass is 10.2. The van der Waals surface area contributed by atoms with Crippen LogP contribution >= 0.6 is 22.6 Å². The van der Waals surface area contributed by atoms with Gasteiger partial charge in [-0.2, -0.15) is 0 Å². The van der Waals surface area contributed by atoms with Crippen LogP contribution in [-0.2, 0) is 0 Å². The van der Waals surface area contributed by atoms with Crippen LogP contribution in [0.25, 0.3) is 0 Å². The van der Waals surface area contributed by atoms with Gasteiger partial charge in [-0.05, 0) is 28.7 Å². The summed E-state index contributed by atoms with van der Waals surface area (Å²) in [5.41, 5.74) is 5.04. The predicted molar refractivity (Wildman–Crippen MR) is 51.7 cm³/mol. The molecule has 1 rings (SSSR count). The van der Waals surface area contributed by atoms with Gasteiger partial charge in [0.05, 0.1) is 5.56 Å². The van der Waals surface area contributed by atoms with Crippen LogP contribution in [0.3, 0.4) is 0 Å². The van der Waals surface area contributed by atoms with Crippen molar-refractivity contribution in [1.82, 2.24) is 4.98 Å². The summed E-state index contributed by atoms with van der Waals surface area (Å²) in [4.78, 5) is 13.8. The minimum atomic E-state index is -2.67. The largest absolute Gasteiger partial charge is 0.383 e. The first-order valence-corrected chi connectivity index (χ1v) is 4.33. The Balaban J connectivity index is 3.28. The second-order valence-electron chi connectivity index (χ2n) is 2.25. The molecule has 1 heterocycles. The van der Waals surface area contributed by atoms with Gasteiger partial charge in [0.1, 0.15) is 11.5 Å². The number of alkyl halides is 2. The Morgan fingerprint density at radius 1 is 1.62 bits per heavy atom. The third kappa shape index (κ3) is 2.11. The van der Waals surface area contributed by atoms with Crippen molar-refractivity contribution in [1.29, 1.82) is 0 Å². The van der Waals surface area contributed by atoms with Crippen molar-refractivity contribution < 1.29 is 13.6 Å². The third-order valence-electron chi connectivity index (χ3n) is 1.40. The summed E-state index contributed by atoms with van der Waals surface area (Å²) in [6.07, 6.45) is -2.17. The van der Waals surface area contributed by atoms with Crippen LogP contribution in [0.5, 0.6) is 0 Å². The highest BCUT2D eigenvalue weighted by atomic mass is 127. The van der Waals surface area contributed by atoms with Crippen molar-refractivity contribution in [3.63, 3.8) is 0 Å². The van der Waals surface area contributed by atoms with Crippen LogP contribution in [0.2, 0.25) is 0 Å². The number of nitrogen functional groups attached to an aromatic ring is 1. The van der Waals surface area contributed by atoms with Gasteiger partial charge in [-0.15, -0.1) is 0 Å². The van der Waals surface area contributed by atoms with Gasteiger partial charge in [-0.1, -0.05) is 0 Å². The zero-order valence-electron chi connectivity index (χ0n) is 6.30. The molecule has 0 aliphatic rings. The Labute approximate surface area is 86.5 Å². The molecule has 0 fully saturated rings. The Morgan fingerprint density at radius 2 is 2.23 bits per heavy atom. The summed E-state index contributed by atoms with van der Waals surface area (Å²) < 4.78 is 24.7. The molecule has 2 N–H and O–H groups in total. The molecule has 0 saturated carbocycles. The number of rotatable bonds is 2. The molecular weight excluding hydrogens is 293 g/mol. The number of nitrogens with two attached hydrogens (primary N) is 1. The zero-order chi connectivity index (χ0) is 10.0. The number of hydrogen-bond donors (Lipinski definition) is 1. The fourth-order valence-corrected chi connectivity index (χ4v) is 1.51. The van der Waals surface area contributed by atoms with Crippen molar-refractivity contribution in [3.05, 3.63) is 20.9 Å². The molecule has 0 aliphatic heterocycles. The van der Waals surface area contributed by atoms with Crippen molar-refractivity contribution in [2.24, 2.45) is 0 Å². The van der Waals surface area contributed by atoms with E-state index >= 15 is 0 Å². The number of carbonyl (C=O) groups excluding carboxylic acids is 1. The van der Waals surface area contributed by atoms with E-state index in [0.29, 0.717) is 9.86 Å². The number of carbonyl (C=O) groups is 1. The lowest BCUT2D eigenvalue weighted by Gasteiger charge is -2.04. The first-order chi connectivity index (χ1) is 6.06. The maximum absolute atomic E-state index is 12.2. The maximum atomic E-state index is 12.2. The first kappa shape index (κ1) is 10.3. The smallest absolute Gasteiger partial charge is 0.280 e. The molecule has 0 bridgehead atoms. The van der Waals surface area contributed by atoms with Gasteiger partial charge in [-0.25, -0.2) is 13.8 Å². The van der Waals surface area contributed by atoms with Crippen molar-refractivity contribution >= 4 is 34.7 Å². The van der Waals surface area contributed by atoms with E-state index in [9.17, 15) is 13.6 Å². The molecule has 3 nitrogen and oxygen atoms in total. The molecule has 70 valence electrons. The van der Waals surface area contributed by atoms with E-state index in [1.807, 2.05) is 0 Å². The third-order valence-corrected chi connectivity index (χ3v) is 2.29. The SMILES string of the molecule is Nc1nc(C(F)F)cc(I)c1C=O. The topological polar surface area (TPSA) is 56.0 Å². The number of nitrogens with zero attached hydrogens (tertiary/aromatic N) is 1. The molecule has 0 unspecified atom stereocenters. The summed E-state index contributed by atoms with van der Waals surface area (Å²) in [5.74, 6) is -0.155. The van der Waals surface area contributed by atoms with Gasteiger partial charge in [-0.3, -0.25) is 4.79 Å². The van der Waals surface area contributed by atoms with Crippen molar-refractivity contribution in [2.45, 2.75) is 6.43 Å². The molecule has 0 amide bonds. The molecule has 13 heavy (non-hydrogen) atoms. The van der Waals surface area contributed by atoms with Gasteiger partial charge < -0.3 is 5.73 Å². The first-order valence-electron chi connectivity index (χ1n) is 3.25. The number of hydrogen-bond acceptors (Lipinski definition) is 3. The van der Waals surface area contributed by atoms with Crippen LogP contribution in [0.15, 0.2) is 6.07 Å². The molecule has 0 radical (unpaired) electrons. The van der Waals surface area contributed by atoms with Crippen molar-refractivity contribution in [2.75, 3.05) is 5.73 Å². The molecule has 0 aliphatic carbocycles. The quantitative estimate of drug-likeness (QED) is 0.671. The molecule has 1 aromatic heterocycles. The molecule has 0 saturated heterocycles. The van der Waals surface area contributed by atoms with Crippen LogP contribution in [0.1, 0.15) is 22.5 Å². The van der Waals surface area contributed by atoms with Crippen LogP contribution in [-0.4, -0.2) is 11.3 Å². The average molecular weight is 298 g/mol. The highest BCUT2D eigenvalue weighted by molar-refractivity contribution is 14.1. The fourth-order valence-electron chi connectivity index (χ4n) is 0.790. The van der Waals surface area contributed by atoms with Gasteiger partial charge in [0, 0.05) is 3.57 Å². The molecule has 1 aromatic rings. The van der Waals surface area contributed by atoms with Crippen LogP contribution < -0.4 is 5.73 Å². The van der Waals surface area contributed by atoms with Crippen LogP contribution in [0.4, 0.5) is 14.6 Å². The van der Waals surface area contributed by atoms with E-state index in [2.05, 4.69) is 4.98 Å². The lowest BCUT2D eigenvalue weighted by Crippen LogP contribution is -2.03. The summed E-state index contributed by atoms with van der Waals surface area (Å²) in [6, 6.07) is 1.14. The average Bonchev–Trinajstić information content (AvgIpc) is 2.03. The summed E-state index contributed by atoms with van der Waals surface area (Å²) in [5, 5.41) is 0. The number of anilines is 1. The van der Waals surface area contributed by atoms with E-state index in [0.717, 1.165) is 6.07 Å². The van der Waals surface area contributed by atoms with E-state index in [4.69, 9.17) is 5.73 Å². The van der Waals surface area contributed by atoms with E-state index in [1.54, 1.807) is 22.6 Å². The minimum absolute atomic E-state index is 0.155. The molecular formula is C7H5F2IN2O. The van der Waals surface area contributed by atoms with E-state index in [-0.39, 0.29) is 11.4 Å². The van der Waals surface area contributed by atoms with Gasteiger partial charge in [0.15, 0.2) is 6.29 Å². The van der Waals surface area contributed by atoms with Crippen LogP contribution in [0, 0.1) is 3.57 Å². The standard InChI is InChI=1S/C7H5F2IN2O/c8-6(9)5-1-4(10)3(2-13)7(11)12-5/h1-2,6H,(H2,11,12).